The van der Waals surface area contributed by atoms with Crippen molar-refractivity contribution < 1.29 is 4.74 Å². The van der Waals surface area contributed by atoms with Crippen LogP contribution in [0, 0.1) is 11.8 Å². The Hall–Kier alpha value is -0.870. The van der Waals surface area contributed by atoms with Gasteiger partial charge < -0.3 is 14.6 Å². The highest BCUT2D eigenvalue weighted by molar-refractivity contribution is 5.05. The minimum absolute atomic E-state index is 0.158. The molecule has 2 atom stereocenters. The summed E-state index contributed by atoms with van der Waals surface area (Å²) >= 11 is 0. The summed E-state index contributed by atoms with van der Waals surface area (Å²) in [4.78, 5) is 4.26. The molecule has 1 fully saturated rings. The van der Waals surface area contributed by atoms with E-state index in [0.717, 1.165) is 26.2 Å². The van der Waals surface area contributed by atoms with Crippen LogP contribution in [0.5, 0.6) is 0 Å². The Balaban J connectivity index is 2.05. The largest absolute Gasteiger partial charge is 0.369 e. The number of hydrogen-bond acceptors (Lipinski definition) is 3. The summed E-state index contributed by atoms with van der Waals surface area (Å²) in [6, 6.07) is 0. The fourth-order valence-corrected chi connectivity index (χ4v) is 2.03. The van der Waals surface area contributed by atoms with Gasteiger partial charge in [-0.2, -0.15) is 0 Å². The molecule has 2 rings (SSSR count). The molecule has 1 aliphatic heterocycles. The maximum absolute atomic E-state index is 5.78. The lowest BCUT2D eigenvalue weighted by atomic mass is 9.98. The zero-order valence-electron chi connectivity index (χ0n) is 11.0. The first kappa shape index (κ1) is 12.6. The lowest BCUT2D eigenvalue weighted by Gasteiger charge is -2.26. The molecule has 1 aliphatic rings. The molecule has 0 spiro atoms. The number of nitrogens with one attached hydrogen (secondary N) is 1. The molecule has 0 amide bonds. The Morgan fingerprint density at radius 3 is 3.00 bits per heavy atom. The van der Waals surface area contributed by atoms with E-state index >= 15 is 0 Å². The molecule has 4 nitrogen and oxygen atoms in total. The second-order valence-electron chi connectivity index (χ2n) is 5.26. The van der Waals surface area contributed by atoms with Crippen LogP contribution in [-0.2, 0) is 11.3 Å². The summed E-state index contributed by atoms with van der Waals surface area (Å²) in [5, 5.41) is 3.36. The van der Waals surface area contributed by atoms with Crippen molar-refractivity contribution in [2.24, 2.45) is 11.8 Å². The molecule has 1 aromatic rings. The summed E-state index contributed by atoms with van der Waals surface area (Å²) in [6.07, 6.45) is 4.02. The number of ether oxygens (including phenoxy) is 1. The van der Waals surface area contributed by atoms with Crippen molar-refractivity contribution >= 4 is 0 Å². The number of hydrogen-bond donors (Lipinski definition) is 1. The van der Waals surface area contributed by atoms with Crippen molar-refractivity contribution in [3.05, 3.63) is 18.2 Å². The highest BCUT2D eigenvalue weighted by Crippen LogP contribution is 2.21. The van der Waals surface area contributed by atoms with Gasteiger partial charge in [-0.15, -0.1) is 0 Å². The standard InChI is InChI=1S/C13H23N3O/c1-10(2)11(3)8-16-9-15-6-12(16)13-7-14-4-5-17-13/h6,9-11,13-14H,4-5,7-8H2,1-3H3. The topological polar surface area (TPSA) is 39.1 Å². The first-order valence-electron chi connectivity index (χ1n) is 6.51. The van der Waals surface area contributed by atoms with Crippen LogP contribution in [0.15, 0.2) is 12.5 Å². The Bertz CT molecular complexity index is 342. The Morgan fingerprint density at radius 1 is 1.53 bits per heavy atom. The summed E-state index contributed by atoms with van der Waals surface area (Å²) in [6.45, 7) is 10.5. The van der Waals surface area contributed by atoms with Crippen molar-refractivity contribution in [2.45, 2.75) is 33.4 Å². The number of morpholine rings is 1. The van der Waals surface area contributed by atoms with Gasteiger partial charge in [0.2, 0.25) is 0 Å². The maximum Gasteiger partial charge on any atom is 0.111 e. The van der Waals surface area contributed by atoms with Gasteiger partial charge in [0, 0.05) is 19.6 Å². The Labute approximate surface area is 103 Å². The molecule has 0 bridgehead atoms. The lowest BCUT2D eigenvalue weighted by Crippen LogP contribution is -2.34. The van der Waals surface area contributed by atoms with Crippen molar-refractivity contribution in [1.82, 2.24) is 14.9 Å². The maximum atomic E-state index is 5.78. The van der Waals surface area contributed by atoms with Crippen LogP contribution in [0.3, 0.4) is 0 Å². The van der Waals surface area contributed by atoms with Crippen molar-refractivity contribution in [3.63, 3.8) is 0 Å². The zero-order chi connectivity index (χ0) is 12.3. The van der Waals surface area contributed by atoms with E-state index in [1.165, 1.54) is 5.69 Å². The molecule has 1 N–H and O–H groups in total. The van der Waals surface area contributed by atoms with Gasteiger partial charge in [-0.1, -0.05) is 20.8 Å². The normalized spacial score (nSPS) is 22.9. The number of rotatable bonds is 4. The third-order valence-corrected chi connectivity index (χ3v) is 3.62. The molecule has 2 heterocycles. The van der Waals surface area contributed by atoms with Crippen LogP contribution in [0.2, 0.25) is 0 Å². The molecular weight excluding hydrogens is 214 g/mol. The van der Waals surface area contributed by atoms with Gasteiger partial charge in [0.05, 0.1) is 24.8 Å². The predicted molar refractivity (Wildman–Crippen MR) is 67.8 cm³/mol. The second-order valence-corrected chi connectivity index (χ2v) is 5.26. The van der Waals surface area contributed by atoms with E-state index in [2.05, 4.69) is 35.6 Å². The van der Waals surface area contributed by atoms with E-state index in [4.69, 9.17) is 4.74 Å². The van der Waals surface area contributed by atoms with Gasteiger partial charge in [0.15, 0.2) is 0 Å². The molecule has 0 saturated carbocycles. The van der Waals surface area contributed by atoms with Crippen LogP contribution in [-0.4, -0.2) is 29.2 Å². The summed E-state index contributed by atoms with van der Waals surface area (Å²) < 4.78 is 8.02. The average Bonchev–Trinajstić information content (AvgIpc) is 2.78. The molecule has 17 heavy (non-hydrogen) atoms. The number of nitrogens with zero attached hydrogens (tertiary/aromatic N) is 2. The third-order valence-electron chi connectivity index (χ3n) is 3.62. The van der Waals surface area contributed by atoms with E-state index < -0.39 is 0 Å². The predicted octanol–water partition coefficient (Wildman–Crippen LogP) is 1.84. The molecule has 0 radical (unpaired) electrons. The van der Waals surface area contributed by atoms with Crippen LogP contribution >= 0.6 is 0 Å². The number of imidazole rings is 1. The summed E-state index contributed by atoms with van der Waals surface area (Å²) in [7, 11) is 0. The Morgan fingerprint density at radius 2 is 2.35 bits per heavy atom. The fourth-order valence-electron chi connectivity index (χ4n) is 2.03. The Kier molecular flexibility index (Phi) is 4.18. The summed E-state index contributed by atoms with van der Waals surface area (Å²) in [5.41, 5.74) is 1.20. The van der Waals surface area contributed by atoms with Crippen LogP contribution < -0.4 is 5.32 Å². The quantitative estimate of drug-likeness (QED) is 0.868. The lowest BCUT2D eigenvalue weighted by molar-refractivity contribution is 0.0222. The van der Waals surface area contributed by atoms with Gasteiger partial charge in [0.25, 0.3) is 0 Å². The molecular formula is C13H23N3O. The van der Waals surface area contributed by atoms with Crippen molar-refractivity contribution in [2.75, 3.05) is 19.7 Å². The van der Waals surface area contributed by atoms with Gasteiger partial charge >= 0.3 is 0 Å². The van der Waals surface area contributed by atoms with Gasteiger partial charge in [-0.3, -0.25) is 0 Å². The third kappa shape index (κ3) is 3.07. The molecule has 0 aliphatic carbocycles. The molecule has 1 saturated heterocycles. The first-order valence-corrected chi connectivity index (χ1v) is 6.51. The molecule has 2 unspecified atom stereocenters. The number of aromatic nitrogens is 2. The van der Waals surface area contributed by atoms with Gasteiger partial charge in [0.1, 0.15) is 6.10 Å². The van der Waals surface area contributed by atoms with Gasteiger partial charge in [-0.25, -0.2) is 4.98 Å². The monoisotopic (exact) mass is 237 g/mol. The van der Waals surface area contributed by atoms with E-state index in [0.29, 0.717) is 11.8 Å². The van der Waals surface area contributed by atoms with E-state index in [9.17, 15) is 0 Å². The molecule has 96 valence electrons. The van der Waals surface area contributed by atoms with E-state index in [1.54, 1.807) is 0 Å². The highest BCUT2D eigenvalue weighted by Gasteiger charge is 2.20. The highest BCUT2D eigenvalue weighted by atomic mass is 16.5. The molecule has 1 aromatic heterocycles. The summed E-state index contributed by atoms with van der Waals surface area (Å²) in [5.74, 6) is 1.34. The van der Waals surface area contributed by atoms with Crippen molar-refractivity contribution in [3.8, 4) is 0 Å². The SMILES string of the molecule is CC(C)C(C)Cn1cncc1C1CNCCO1. The van der Waals surface area contributed by atoms with E-state index in [-0.39, 0.29) is 6.10 Å². The first-order chi connectivity index (χ1) is 8.18. The van der Waals surface area contributed by atoms with Crippen LogP contribution in [0.25, 0.3) is 0 Å². The van der Waals surface area contributed by atoms with Gasteiger partial charge in [-0.05, 0) is 11.8 Å². The van der Waals surface area contributed by atoms with Crippen LogP contribution in [0.1, 0.15) is 32.6 Å². The molecule has 4 heteroatoms. The minimum Gasteiger partial charge on any atom is -0.369 e. The minimum atomic E-state index is 0.158. The van der Waals surface area contributed by atoms with E-state index in [1.807, 2.05) is 12.5 Å². The molecule has 0 aromatic carbocycles. The fraction of sp³-hybridized carbons (Fsp3) is 0.769. The smallest absolute Gasteiger partial charge is 0.111 e. The average molecular weight is 237 g/mol. The zero-order valence-corrected chi connectivity index (χ0v) is 11.0. The second kappa shape index (κ2) is 5.65. The van der Waals surface area contributed by atoms with Crippen LogP contribution in [0.4, 0.5) is 0 Å². The van der Waals surface area contributed by atoms with Crippen molar-refractivity contribution in [1.29, 1.82) is 0 Å².